The monoisotopic (exact) mass is 159 g/mol. The first-order chi connectivity index (χ1) is 4.92. The van der Waals surface area contributed by atoms with Crippen molar-refractivity contribution in [3.63, 3.8) is 0 Å². The Balaban J connectivity index is 4.30. The lowest BCUT2D eigenvalue weighted by Gasteiger charge is -2.16. The number of aliphatic carboxylic acids is 1. The lowest BCUT2D eigenvalue weighted by atomic mass is 9.95. The minimum Gasteiger partial charge on any atom is -0.480 e. The predicted octanol–water partition coefficient (Wildman–Crippen LogP) is 0.158. The predicted molar refractivity (Wildman–Crippen MR) is 40.1 cm³/mol. The Bertz CT molecular complexity index is 175. The van der Waals surface area contributed by atoms with Crippen LogP contribution in [0.4, 0.5) is 0 Å². The third-order valence-corrected chi connectivity index (χ3v) is 1.50. The summed E-state index contributed by atoms with van der Waals surface area (Å²) in [6.45, 7) is 3.02. The van der Waals surface area contributed by atoms with Gasteiger partial charge in [-0.1, -0.05) is 6.92 Å². The van der Waals surface area contributed by atoms with Crippen LogP contribution in [-0.4, -0.2) is 22.4 Å². The molecule has 0 saturated carbocycles. The van der Waals surface area contributed by atoms with Crippen molar-refractivity contribution in [3.05, 3.63) is 0 Å². The van der Waals surface area contributed by atoms with Crippen LogP contribution in [0.15, 0.2) is 0 Å². The highest BCUT2D eigenvalue weighted by atomic mass is 16.4. The van der Waals surface area contributed by atoms with E-state index in [9.17, 15) is 9.59 Å². The van der Waals surface area contributed by atoms with Crippen LogP contribution >= 0.6 is 0 Å². The zero-order chi connectivity index (χ0) is 9.07. The van der Waals surface area contributed by atoms with E-state index in [-0.39, 0.29) is 6.42 Å². The van der Waals surface area contributed by atoms with Crippen LogP contribution in [0.2, 0.25) is 0 Å². The van der Waals surface area contributed by atoms with Gasteiger partial charge in [-0.05, 0) is 13.3 Å². The van der Waals surface area contributed by atoms with Gasteiger partial charge in [-0.15, -0.1) is 0 Å². The van der Waals surface area contributed by atoms with Crippen molar-refractivity contribution in [2.24, 2.45) is 5.73 Å². The molecule has 0 aliphatic carbocycles. The number of carbonyl (C=O) groups is 2. The third kappa shape index (κ3) is 2.31. The summed E-state index contributed by atoms with van der Waals surface area (Å²) in [6.07, 6.45) is 0.845. The van der Waals surface area contributed by atoms with Gasteiger partial charge in [-0.3, -0.25) is 4.79 Å². The molecule has 0 fully saturated rings. The molecule has 1 unspecified atom stereocenters. The summed E-state index contributed by atoms with van der Waals surface area (Å²) in [5.74, 6) is -1.69. The molecule has 3 N–H and O–H groups in total. The van der Waals surface area contributed by atoms with Gasteiger partial charge in [-0.2, -0.15) is 0 Å². The SMILES string of the molecule is CCCC(=O)C(C)(N)C(=O)O. The second-order valence-corrected chi connectivity index (χ2v) is 2.68. The van der Waals surface area contributed by atoms with E-state index in [0.717, 1.165) is 0 Å². The van der Waals surface area contributed by atoms with Crippen LogP contribution in [0.5, 0.6) is 0 Å². The maximum atomic E-state index is 11.0. The average Bonchev–Trinajstić information content (AvgIpc) is 1.88. The van der Waals surface area contributed by atoms with Crippen LogP contribution in [0.1, 0.15) is 26.7 Å². The molecule has 0 amide bonds. The fourth-order valence-electron chi connectivity index (χ4n) is 0.606. The standard InChI is InChI=1S/C7H13NO3/c1-3-4-5(9)7(2,8)6(10)11/h3-4,8H2,1-2H3,(H,10,11). The summed E-state index contributed by atoms with van der Waals surface area (Å²) < 4.78 is 0. The molecule has 0 aromatic carbocycles. The van der Waals surface area contributed by atoms with E-state index in [1.54, 1.807) is 6.92 Å². The number of carbonyl (C=O) groups excluding carboxylic acids is 1. The van der Waals surface area contributed by atoms with Crippen molar-refractivity contribution in [2.45, 2.75) is 32.2 Å². The molecule has 4 heteroatoms. The van der Waals surface area contributed by atoms with E-state index >= 15 is 0 Å². The number of nitrogens with two attached hydrogens (primary N) is 1. The molecule has 0 aliphatic heterocycles. The van der Waals surface area contributed by atoms with Gasteiger partial charge >= 0.3 is 5.97 Å². The number of ketones is 1. The summed E-state index contributed by atoms with van der Waals surface area (Å²) >= 11 is 0. The second kappa shape index (κ2) is 3.48. The molecule has 4 nitrogen and oxygen atoms in total. The Labute approximate surface area is 65.4 Å². The van der Waals surface area contributed by atoms with Crippen molar-refractivity contribution >= 4 is 11.8 Å². The number of carboxylic acids is 1. The zero-order valence-electron chi connectivity index (χ0n) is 6.76. The normalized spacial score (nSPS) is 15.5. The number of Topliss-reactive ketones (excluding diaryl/α,β-unsaturated/α-hetero) is 1. The Morgan fingerprint density at radius 3 is 2.27 bits per heavy atom. The molecule has 0 saturated heterocycles. The van der Waals surface area contributed by atoms with Gasteiger partial charge in [0.15, 0.2) is 11.3 Å². The van der Waals surface area contributed by atoms with Gasteiger partial charge in [0.2, 0.25) is 0 Å². The highest BCUT2D eigenvalue weighted by Crippen LogP contribution is 2.05. The molecule has 0 spiro atoms. The van der Waals surface area contributed by atoms with Crippen molar-refractivity contribution in [1.29, 1.82) is 0 Å². The van der Waals surface area contributed by atoms with Crippen molar-refractivity contribution < 1.29 is 14.7 Å². The number of carboxylic acid groups (broad SMARTS) is 1. The summed E-state index contributed by atoms with van der Waals surface area (Å²) in [7, 11) is 0. The molecule has 0 bridgehead atoms. The van der Waals surface area contributed by atoms with Crippen molar-refractivity contribution in [2.75, 3.05) is 0 Å². The van der Waals surface area contributed by atoms with Crippen LogP contribution < -0.4 is 5.73 Å². The van der Waals surface area contributed by atoms with Crippen LogP contribution in [-0.2, 0) is 9.59 Å². The maximum Gasteiger partial charge on any atom is 0.331 e. The zero-order valence-corrected chi connectivity index (χ0v) is 6.76. The topological polar surface area (TPSA) is 80.4 Å². The fraction of sp³-hybridized carbons (Fsp3) is 0.714. The highest BCUT2D eigenvalue weighted by Gasteiger charge is 2.35. The van der Waals surface area contributed by atoms with Gasteiger partial charge in [0.25, 0.3) is 0 Å². The third-order valence-electron chi connectivity index (χ3n) is 1.50. The molecule has 11 heavy (non-hydrogen) atoms. The first kappa shape index (κ1) is 10.1. The largest absolute Gasteiger partial charge is 0.480 e. The van der Waals surface area contributed by atoms with E-state index < -0.39 is 17.3 Å². The van der Waals surface area contributed by atoms with Gasteiger partial charge in [0.05, 0.1) is 0 Å². The Kier molecular flexibility index (Phi) is 3.19. The van der Waals surface area contributed by atoms with Crippen LogP contribution in [0, 0.1) is 0 Å². The Morgan fingerprint density at radius 1 is 1.55 bits per heavy atom. The molecular formula is C7H13NO3. The Hall–Kier alpha value is -0.900. The van der Waals surface area contributed by atoms with Crippen molar-refractivity contribution in [3.8, 4) is 0 Å². The quantitative estimate of drug-likeness (QED) is 0.572. The molecule has 64 valence electrons. The number of hydrogen-bond donors (Lipinski definition) is 2. The molecule has 0 aromatic rings. The molecule has 1 atom stereocenters. The van der Waals surface area contributed by atoms with Gasteiger partial charge in [0.1, 0.15) is 0 Å². The highest BCUT2D eigenvalue weighted by molar-refractivity contribution is 6.06. The molecule has 0 radical (unpaired) electrons. The van der Waals surface area contributed by atoms with E-state index in [1.807, 2.05) is 0 Å². The first-order valence-electron chi connectivity index (χ1n) is 3.48. The Morgan fingerprint density at radius 2 is 2.00 bits per heavy atom. The minimum absolute atomic E-state index is 0.222. The van der Waals surface area contributed by atoms with Gasteiger partial charge < -0.3 is 10.8 Å². The summed E-state index contributed by atoms with van der Waals surface area (Å²) in [6, 6.07) is 0. The van der Waals surface area contributed by atoms with Gasteiger partial charge in [0, 0.05) is 6.42 Å². The van der Waals surface area contributed by atoms with Crippen LogP contribution in [0.3, 0.4) is 0 Å². The summed E-state index contributed by atoms with van der Waals surface area (Å²) in [4.78, 5) is 21.4. The van der Waals surface area contributed by atoms with Crippen molar-refractivity contribution in [1.82, 2.24) is 0 Å². The summed E-state index contributed by atoms with van der Waals surface area (Å²) in [5.41, 5.74) is 3.53. The molecule has 0 aliphatic rings. The molecule has 0 rings (SSSR count). The van der Waals surface area contributed by atoms with Crippen LogP contribution in [0.25, 0.3) is 0 Å². The lowest BCUT2D eigenvalue weighted by molar-refractivity contribution is -0.147. The number of hydrogen-bond acceptors (Lipinski definition) is 3. The molecule has 0 heterocycles. The maximum absolute atomic E-state index is 11.0. The van der Waals surface area contributed by atoms with E-state index in [4.69, 9.17) is 10.8 Å². The van der Waals surface area contributed by atoms with E-state index in [1.165, 1.54) is 6.92 Å². The first-order valence-corrected chi connectivity index (χ1v) is 3.48. The molecular weight excluding hydrogens is 146 g/mol. The summed E-state index contributed by atoms with van der Waals surface area (Å²) in [5, 5.41) is 8.49. The molecule has 0 aromatic heterocycles. The number of rotatable bonds is 4. The van der Waals surface area contributed by atoms with E-state index in [2.05, 4.69) is 0 Å². The minimum atomic E-state index is -1.71. The second-order valence-electron chi connectivity index (χ2n) is 2.68. The average molecular weight is 159 g/mol. The fourth-order valence-corrected chi connectivity index (χ4v) is 0.606. The smallest absolute Gasteiger partial charge is 0.331 e. The van der Waals surface area contributed by atoms with Gasteiger partial charge in [-0.25, -0.2) is 4.79 Å². The van der Waals surface area contributed by atoms with E-state index in [0.29, 0.717) is 6.42 Å². The lowest BCUT2D eigenvalue weighted by Crippen LogP contribution is -2.52.